The molecule has 5 heteroatoms. The quantitative estimate of drug-likeness (QED) is 0.789. The number of nitrogens with one attached hydrogen (secondary N) is 1. The predicted octanol–water partition coefficient (Wildman–Crippen LogP) is 4.10. The van der Waals surface area contributed by atoms with Crippen LogP contribution in [0.1, 0.15) is 21.6 Å². The zero-order chi connectivity index (χ0) is 17.3. The molecule has 0 aliphatic carbocycles. The van der Waals surface area contributed by atoms with E-state index >= 15 is 0 Å². The van der Waals surface area contributed by atoms with Crippen LogP contribution >= 0.6 is 0 Å². The van der Waals surface area contributed by atoms with Gasteiger partial charge in [-0.15, -0.1) is 0 Å². The van der Waals surface area contributed by atoms with E-state index in [4.69, 9.17) is 0 Å². The largest absolute Gasteiger partial charge is 0.321 e. The average Bonchev–Trinajstić information content (AvgIpc) is 2.89. The minimum Gasteiger partial charge on any atom is -0.321 e. The van der Waals surface area contributed by atoms with E-state index in [2.05, 4.69) is 10.4 Å². The van der Waals surface area contributed by atoms with Crippen LogP contribution in [0.5, 0.6) is 0 Å². The molecule has 0 bridgehead atoms. The first kappa shape index (κ1) is 15.9. The van der Waals surface area contributed by atoms with Crippen molar-refractivity contribution in [3.63, 3.8) is 0 Å². The Kier molecular flexibility index (Phi) is 4.16. The summed E-state index contributed by atoms with van der Waals surface area (Å²) in [5.41, 5.74) is 4.14. The van der Waals surface area contributed by atoms with Crippen LogP contribution in [0.2, 0.25) is 0 Å². The van der Waals surface area contributed by atoms with Crippen LogP contribution in [-0.4, -0.2) is 15.7 Å². The average molecular weight is 323 g/mol. The number of carbonyl (C=O) groups is 1. The van der Waals surface area contributed by atoms with Crippen molar-refractivity contribution in [3.8, 4) is 11.1 Å². The minimum absolute atomic E-state index is 0.216. The number of benzene rings is 2. The van der Waals surface area contributed by atoms with Gasteiger partial charge in [0.1, 0.15) is 5.82 Å². The third-order valence-corrected chi connectivity index (χ3v) is 3.90. The molecule has 3 rings (SSSR count). The Hall–Kier alpha value is -2.95. The lowest BCUT2D eigenvalue weighted by atomic mass is 10.0. The number of nitrogens with zero attached hydrogens (tertiary/aromatic N) is 2. The van der Waals surface area contributed by atoms with Crippen molar-refractivity contribution >= 4 is 11.6 Å². The molecular weight excluding hydrogens is 305 g/mol. The van der Waals surface area contributed by atoms with Crippen LogP contribution in [0.4, 0.5) is 10.1 Å². The zero-order valence-corrected chi connectivity index (χ0v) is 13.8. The highest BCUT2D eigenvalue weighted by Gasteiger charge is 2.15. The molecule has 1 N–H and O–H groups in total. The summed E-state index contributed by atoms with van der Waals surface area (Å²) in [5.74, 6) is -0.460. The van der Waals surface area contributed by atoms with Gasteiger partial charge in [-0.2, -0.15) is 5.10 Å². The molecule has 0 fully saturated rings. The molecule has 24 heavy (non-hydrogen) atoms. The van der Waals surface area contributed by atoms with Crippen molar-refractivity contribution < 1.29 is 9.18 Å². The lowest BCUT2D eigenvalue weighted by molar-refractivity contribution is 0.102. The number of halogens is 1. The van der Waals surface area contributed by atoms with E-state index in [1.54, 1.807) is 43.9 Å². The first-order valence-electron chi connectivity index (χ1n) is 7.63. The highest BCUT2D eigenvalue weighted by Crippen LogP contribution is 2.29. The lowest BCUT2D eigenvalue weighted by Crippen LogP contribution is -2.13. The summed E-state index contributed by atoms with van der Waals surface area (Å²) in [7, 11) is 1.78. The van der Waals surface area contributed by atoms with Crippen LogP contribution in [0.3, 0.4) is 0 Å². The van der Waals surface area contributed by atoms with Gasteiger partial charge >= 0.3 is 0 Å². The fraction of sp³-hybridized carbons (Fsp3) is 0.158. The Morgan fingerprint density at radius 1 is 1.17 bits per heavy atom. The molecule has 2 aromatic carbocycles. The maximum absolute atomic E-state index is 13.5. The van der Waals surface area contributed by atoms with Gasteiger partial charge in [0, 0.05) is 24.5 Å². The summed E-state index contributed by atoms with van der Waals surface area (Å²) in [5, 5.41) is 7.12. The molecule has 0 unspecified atom stereocenters. The number of rotatable bonds is 3. The van der Waals surface area contributed by atoms with Gasteiger partial charge in [-0.3, -0.25) is 9.48 Å². The highest BCUT2D eigenvalue weighted by molar-refractivity contribution is 6.06. The molecule has 0 atom stereocenters. The number of aromatic nitrogens is 2. The van der Waals surface area contributed by atoms with Crippen LogP contribution < -0.4 is 5.32 Å². The molecular formula is C19H18FN3O. The van der Waals surface area contributed by atoms with Crippen LogP contribution in [0.15, 0.2) is 48.7 Å². The maximum atomic E-state index is 13.5. The van der Waals surface area contributed by atoms with Crippen molar-refractivity contribution in [1.82, 2.24) is 9.78 Å². The van der Waals surface area contributed by atoms with Crippen molar-refractivity contribution in [1.29, 1.82) is 0 Å². The number of anilines is 1. The maximum Gasteiger partial charge on any atom is 0.259 e. The molecule has 0 aliphatic rings. The summed E-state index contributed by atoms with van der Waals surface area (Å²) in [4.78, 5) is 12.5. The van der Waals surface area contributed by atoms with Gasteiger partial charge in [0.25, 0.3) is 5.91 Å². The molecule has 3 aromatic rings. The fourth-order valence-electron chi connectivity index (χ4n) is 2.67. The Morgan fingerprint density at radius 2 is 1.92 bits per heavy atom. The SMILES string of the molecule is Cc1cc(-c2ccccc2NC(=O)c2cn(C)nc2C)ccc1F. The van der Waals surface area contributed by atoms with Gasteiger partial charge in [0.15, 0.2) is 0 Å². The Balaban J connectivity index is 1.96. The summed E-state index contributed by atoms with van der Waals surface area (Å²) >= 11 is 0. The van der Waals surface area contributed by atoms with E-state index in [-0.39, 0.29) is 11.7 Å². The molecule has 1 heterocycles. The molecule has 0 aliphatic heterocycles. The predicted molar refractivity (Wildman–Crippen MR) is 92.5 cm³/mol. The lowest BCUT2D eigenvalue weighted by Gasteiger charge is -2.12. The number of aryl methyl sites for hydroxylation is 3. The van der Waals surface area contributed by atoms with E-state index in [0.717, 1.165) is 11.1 Å². The highest BCUT2D eigenvalue weighted by atomic mass is 19.1. The minimum atomic E-state index is -0.244. The number of para-hydroxylation sites is 1. The number of carbonyl (C=O) groups excluding carboxylic acids is 1. The van der Waals surface area contributed by atoms with Crippen LogP contribution in [-0.2, 0) is 7.05 Å². The van der Waals surface area contributed by atoms with Gasteiger partial charge in [0.2, 0.25) is 0 Å². The summed E-state index contributed by atoms with van der Waals surface area (Å²) in [6, 6.07) is 12.4. The molecule has 0 spiro atoms. The van der Waals surface area contributed by atoms with Crippen molar-refractivity contribution in [2.24, 2.45) is 7.05 Å². The van der Waals surface area contributed by atoms with E-state index in [0.29, 0.717) is 22.5 Å². The first-order chi connectivity index (χ1) is 11.5. The molecule has 4 nitrogen and oxygen atoms in total. The van der Waals surface area contributed by atoms with Crippen LogP contribution in [0.25, 0.3) is 11.1 Å². The topological polar surface area (TPSA) is 46.9 Å². The Morgan fingerprint density at radius 3 is 2.58 bits per heavy atom. The van der Waals surface area contributed by atoms with Crippen molar-refractivity contribution in [3.05, 3.63) is 71.3 Å². The van der Waals surface area contributed by atoms with E-state index in [1.807, 2.05) is 24.3 Å². The second-order valence-corrected chi connectivity index (χ2v) is 5.77. The van der Waals surface area contributed by atoms with Gasteiger partial charge in [-0.25, -0.2) is 4.39 Å². The normalized spacial score (nSPS) is 10.7. The Bertz CT molecular complexity index is 915. The van der Waals surface area contributed by atoms with E-state index < -0.39 is 0 Å². The molecule has 1 aromatic heterocycles. The van der Waals surface area contributed by atoms with Gasteiger partial charge < -0.3 is 5.32 Å². The molecule has 0 saturated carbocycles. The smallest absolute Gasteiger partial charge is 0.259 e. The number of hydrogen-bond acceptors (Lipinski definition) is 2. The second kappa shape index (κ2) is 6.28. The van der Waals surface area contributed by atoms with Crippen molar-refractivity contribution in [2.75, 3.05) is 5.32 Å². The molecule has 1 amide bonds. The first-order valence-corrected chi connectivity index (χ1v) is 7.63. The Labute approximate surface area is 139 Å². The third kappa shape index (κ3) is 3.06. The summed E-state index contributed by atoms with van der Waals surface area (Å²) in [6.45, 7) is 3.52. The molecule has 0 saturated heterocycles. The van der Waals surface area contributed by atoms with E-state index in [9.17, 15) is 9.18 Å². The standard InChI is InChI=1S/C19H18FN3O/c1-12-10-14(8-9-17(12)20)15-6-4-5-7-18(15)21-19(24)16-11-23(3)22-13(16)2/h4-11H,1-3H3,(H,21,24). The summed E-state index contributed by atoms with van der Waals surface area (Å²) < 4.78 is 15.1. The van der Waals surface area contributed by atoms with Gasteiger partial charge in [-0.05, 0) is 43.2 Å². The fourth-order valence-corrected chi connectivity index (χ4v) is 2.67. The van der Waals surface area contributed by atoms with Gasteiger partial charge in [0.05, 0.1) is 11.3 Å². The van der Waals surface area contributed by atoms with Crippen LogP contribution in [0, 0.1) is 19.7 Å². The summed E-state index contributed by atoms with van der Waals surface area (Å²) in [6.07, 6.45) is 1.69. The van der Waals surface area contributed by atoms with Crippen molar-refractivity contribution in [2.45, 2.75) is 13.8 Å². The number of amides is 1. The van der Waals surface area contributed by atoms with Gasteiger partial charge in [-0.1, -0.05) is 24.3 Å². The second-order valence-electron chi connectivity index (χ2n) is 5.77. The molecule has 122 valence electrons. The number of hydrogen-bond donors (Lipinski definition) is 1. The van der Waals surface area contributed by atoms with E-state index in [1.165, 1.54) is 6.07 Å². The zero-order valence-electron chi connectivity index (χ0n) is 13.8. The molecule has 0 radical (unpaired) electrons. The monoisotopic (exact) mass is 323 g/mol. The third-order valence-electron chi connectivity index (χ3n) is 3.90.